The second-order valence-electron chi connectivity index (χ2n) is 6.04. The molecule has 0 aromatic heterocycles. The Balaban J connectivity index is 1.71. The monoisotopic (exact) mass is 304 g/mol. The van der Waals surface area contributed by atoms with Gasteiger partial charge in [0.1, 0.15) is 5.75 Å². The van der Waals surface area contributed by atoms with Crippen LogP contribution < -0.4 is 10.1 Å². The zero-order valence-corrected chi connectivity index (χ0v) is 13.8. The zero-order chi connectivity index (χ0) is 15.8. The van der Waals surface area contributed by atoms with E-state index in [0.29, 0.717) is 6.61 Å². The fourth-order valence-electron chi connectivity index (χ4n) is 3.02. The minimum atomic E-state index is 0.162. The standard InChI is InChI=1S/C18H28N2O2/c1-3-22-17-11-5-4-8-15(17)9-6-12-19-18(21)16-10-7-13-20(2)14-16/h4-5,8,11,16H,3,6-7,9-10,12-14H2,1-2H3,(H,19,21). The third kappa shape index (κ3) is 5.02. The normalized spacial score (nSPS) is 18.9. The van der Waals surface area contributed by atoms with E-state index in [1.54, 1.807) is 0 Å². The molecule has 122 valence electrons. The van der Waals surface area contributed by atoms with Crippen LogP contribution >= 0.6 is 0 Å². The van der Waals surface area contributed by atoms with E-state index >= 15 is 0 Å². The maximum absolute atomic E-state index is 12.2. The molecule has 1 fully saturated rings. The zero-order valence-electron chi connectivity index (χ0n) is 13.8. The minimum absolute atomic E-state index is 0.162. The third-order valence-electron chi connectivity index (χ3n) is 4.19. The maximum Gasteiger partial charge on any atom is 0.224 e. The van der Waals surface area contributed by atoms with E-state index in [0.717, 1.165) is 51.1 Å². The van der Waals surface area contributed by atoms with Gasteiger partial charge in [-0.05, 0) is 57.8 Å². The summed E-state index contributed by atoms with van der Waals surface area (Å²) >= 11 is 0. The highest BCUT2D eigenvalue weighted by Gasteiger charge is 2.23. The van der Waals surface area contributed by atoms with Crippen LogP contribution in [-0.4, -0.2) is 44.1 Å². The van der Waals surface area contributed by atoms with Gasteiger partial charge in [-0.2, -0.15) is 0 Å². The first-order valence-corrected chi connectivity index (χ1v) is 8.37. The largest absolute Gasteiger partial charge is 0.494 e. The summed E-state index contributed by atoms with van der Waals surface area (Å²) in [6.45, 7) is 5.41. The second kappa shape index (κ2) is 8.79. The highest BCUT2D eigenvalue weighted by atomic mass is 16.5. The molecule has 2 rings (SSSR count). The van der Waals surface area contributed by atoms with Gasteiger partial charge in [0.15, 0.2) is 0 Å². The molecule has 4 nitrogen and oxygen atoms in total. The Morgan fingerprint density at radius 3 is 3.00 bits per heavy atom. The highest BCUT2D eigenvalue weighted by molar-refractivity contribution is 5.78. The van der Waals surface area contributed by atoms with Crippen molar-refractivity contribution < 1.29 is 9.53 Å². The van der Waals surface area contributed by atoms with Crippen molar-refractivity contribution in [1.82, 2.24) is 10.2 Å². The molecule has 1 aliphatic rings. The lowest BCUT2D eigenvalue weighted by molar-refractivity contribution is -0.126. The summed E-state index contributed by atoms with van der Waals surface area (Å²) < 4.78 is 5.63. The molecule has 0 spiro atoms. The molecule has 1 saturated heterocycles. The van der Waals surface area contributed by atoms with Crippen molar-refractivity contribution >= 4 is 5.91 Å². The number of para-hydroxylation sites is 1. The Labute approximate surface area is 133 Å². The lowest BCUT2D eigenvalue weighted by Crippen LogP contribution is -2.41. The Kier molecular flexibility index (Phi) is 6.72. The van der Waals surface area contributed by atoms with E-state index in [4.69, 9.17) is 4.74 Å². The van der Waals surface area contributed by atoms with Crippen LogP contribution in [0.2, 0.25) is 0 Å². The molecule has 1 aliphatic heterocycles. The van der Waals surface area contributed by atoms with Gasteiger partial charge in [-0.25, -0.2) is 0 Å². The predicted molar refractivity (Wildman–Crippen MR) is 89.2 cm³/mol. The number of carbonyl (C=O) groups is 1. The number of benzene rings is 1. The summed E-state index contributed by atoms with van der Waals surface area (Å²) in [5.41, 5.74) is 1.22. The SMILES string of the molecule is CCOc1ccccc1CCCNC(=O)C1CCCN(C)C1. The topological polar surface area (TPSA) is 41.6 Å². The molecule has 1 heterocycles. The van der Waals surface area contributed by atoms with E-state index in [2.05, 4.69) is 23.3 Å². The molecular formula is C18H28N2O2. The van der Waals surface area contributed by atoms with Crippen molar-refractivity contribution in [3.05, 3.63) is 29.8 Å². The van der Waals surface area contributed by atoms with Gasteiger partial charge in [-0.1, -0.05) is 18.2 Å². The van der Waals surface area contributed by atoms with Crippen molar-refractivity contribution in [3.63, 3.8) is 0 Å². The van der Waals surface area contributed by atoms with Crippen molar-refractivity contribution in [2.24, 2.45) is 5.92 Å². The summed E-state index contributed by atoms with van der Waals surface area (Å²) in [6.07, 6.45) is 4.01. The summed E-state index contributed by atoms with van der Waals surface area (Å²) in [4.78, 5) is 14.4. The quantitative estimate of drug-likeness (QED) is 0.787. The molecule has 1 atom stereocenters. The van der Waals surface area contributed by atoms with Crippen LogP contribution in [0.5, 0.6) is 5.75 Å². The van der Waals surface area contributed by atoms with Crippen molar-refractivity contribution in [3.8, 4) is 5.75 Å². The maximum atomic E-state index is 12.2. The van der Waals surface area contributed by atoms with Gasteiger partial charge in [0.2, 0.25) is 5.91 Å². The lowest BCUT2D eigenvalue weighted by Gasteiger charge is -2.28. The Hall–Kier alpha value is -1.55. The van der Waals surface area contributed by atoms with Gasteiger partial charge >= 0.3 is 0 Å². The number of ether oxygens (including phenoxy) is 1. The molecule has 1 aromatic carbocycles. The molecule has 0 saturated carbocycles. The van der Waals surface area contributed by atoms with Gasteiger partial charge in [0.05, 0.1) is 12.5 Å². The summed E-state index contributed by atoms with van der Waals surface area (Å²) in [5.74, 6) is 1.34. The van der Waals surface area contributed by atoms with E-state index in [1.165, 1.54) is 5.56 Å². The molecule has 0 bridgehead atoms. The summed E-state index contributed by atoms with van der Waals surface area (Å²) in [5, 5.41) is 3.09. The molecule has 0 radical (unpaired) electrons. The van der Waals surface area contributed by atoms with Crippen LogP contribution in [0.3, 0.4) is 0 Å². The van der Waals surface area contributed by atoms with Crippen molar-refractivity contribution in [2.75, 3.05) is 33.3 Å². The Bertz CT molecular complexity index is 476. The summed E-state index contributed by atoms with van der Waals surface area (Å²) in [7, 11) is 2.09. The van der Waals surface area contributed by atoms with E-state index < -0.39 is 0 Å². The fraction of sp³-hybridized carbons (Fsp3) is 0.611. The number of piperidine rings is 1. The van der Waals surface area contributed by atoms with Gasteiger partial charge in [0.25, 0.3) is 0 Å². The Morgan fingerprint density at radius 1 is 1.41 bits per heavy atom. The van der Waals surface area contributed by atoms with E-state index in [1.807, 2.05) is 25.1 Å². The number of hydrogen-bond donors (Lipinski definition) is 1. The fourth-order valence-corrected chi connectivity index (χ4v) is 3.02. The number of likely N-dealkylation sites (tertiary alicyclic amines) is 1. The van der Waals surface area contributed by atoms with E-state index in [-0.39, 0.29) is 11.8 Å². The number of nitrogens with one attached hydrogen (secondary N) is 1. The van der Waals surface area contributed by atoms with Gasteiger partial charge in [-0.3, -0.25) is 4.79 Å². The molecule has 4 heteroatoms. The molecule has 1 unspecified atom stereocenters. The first-order chi connectivity index (χ1) is 10.7. The Morgan fingerprint density at radius 2 is 2.23 bits per heavy atom. The van der Waals surface area contributed by atoms with Crippen molar-refractivity contribution in [1.29, 1.82) is 0 Å². The average molecular weight is 304 g/mol. The third-order valence-corrected chi connectivity index (χ3v) is 4.19. The molecular weight excluding hydrogens is 276 g/mol. The number of aryl methyl sites for hydroxylation is 1. The van der Waals surface area contributed by atoms with E-state index in [9.17, 15) is 4.79 Å². The minimum Gasteiger partial charge on any atom is -0.494 e. The predicted octanol–water partition coefficient (Wildman–Crippen LogP) is 2.48. The molecule has 1 N–H and O–H groups in total. The van der Waals surface area contributed by atoms with Crippen LogP contribution in [-0.2, 0) is 11.2 Å². The number of carbonyl (C=O) groups excluding carboxylic acids is 1. The van der Waals surface area contributed by atoms with Crippen molar-refractivity contribution in [2.45, 2.75) is 32.6 Å². The first-order valence-electron chi connectivity index (χ1n) is 8.37. The van der Waals surface area contributed by atoms with Crippen LogP contribution in [0.15, 0.2) is 24.3 Å². The van der Waals surface area contributed by atoms with Crippen LogP contribution in [0.1, 0.15) is 31.7 Å². The molecule has 1 aromatic rings. The average Bonchev–Trinajstić information content (AvgIpc) is 2.53. The first kappa shape index (κ1) is 16.8. The van der Waals surface area contributed by atoms with Gasteiger partial charge in [0, 0.05) is 13.1 Å². The number of nitrogens with zero attached hydrogens (tertiary/aromatic N) is 1. The van der Waals surface area contributed by atoms with Gasteiger partial charge in [-0.15, -0.1) is 0 Å². The van der Waals surface area contributed by atoms with Crippen LogP contribution in [0.25, 0.3) is 0 Å². The highest BCUT2D eigenvalue weighted by Crippen LogP contribution is 2.19. The van der Waals surface area contributed by atoms with Crippen LogP contribution in [0.4, 0.5) is 0 Å². The smallest absolute Gasteiger partial charge is 0.224 e. The summed E-state index contributed by atoms with van der Waals surface area (Å²) in [6, 6.07) is 8.14. The number of rotatable bonds is 7. The number of amides is 1. The second-order valence-corrected chi connectivity index (χ2v) is 6.04. The molecule has 22 heavy (non-hydrogen) atoms. The molecule has 0 aliphatic carbocycles. The lowest BCUT2D eigenvalue weighted by atomic mass is 9.97. The molecule has 1 amide bonds. The van der Waals surface area contributed by atoms with Crippen LogP contribution in [0, 0.1) is 5.92 Å². The van der Waals surface area contributed by atoms with Gasteiger partial charge < -0.3 is 15.0 Å². The number of hydrogen-bond acceptors (Lipinski definition) is 3.